The number of hydrogen-bond acceptors (Lipinski definition) is 4. The van der Waals surface area contributed by atoms with Crippen molar-refractivity contribution in [3.8, 4) is 5.75 Å². The first-order valence-electron chi connectivity index (χ1n) is 7.33. The lowest BCUT2D eigenvalue weighted by atomic mass is 10.2. The van der Waals surface area contributed by atoms with Gasteiger partial charge in [0.15, 0.2) is 6.17 Å². The normalized spacial score (nSPS) is 12.2. The fourth-order valence-electron chi connectivity index (χ4n) is 2.00. The van der Waals surface area contributed by atoms with Gasteiger partial charge in [-0.2, -0.15) is 0 Å². The highest BCUT2D eigenvalue weighted by molar-refractivity contribution is 6.68. The van der Waals surface area contributed by atoms with E-state index in [0.717, 1.165) is 5.56 Å². The Morgan fingerprint density at radius 3 is 2.36 bits per heavy atom. The molecular weight excluding hydrogens is 387 g/mol. The third kappa shape index (κ3) is 6.20. The summed E-state index contributed by atoms with van der Waals surface area (Å²) in [6.45, 7) is 0.105. The van der Waals surface area contributed by atoms with Crippen LogP contribution in [-0.4, -0.2) is 23.2 Å². The monoisotopic (exact) mass is 402 g/mol. The number of para-hydroxylation sites is 2. The first-order valence-corrected chi connectivity index (χ1v) is 8.47. The van der Waals surface area contributed by atoms with E-state index in [1.54, 1.807) is 24.3 Å². The molecule has 2 N–H and O–H groups in total. The van der Waals surface area contributed by atoms with Crippen LogP contribution in [0.1, 0.15) is 5.56 Å². The van der Waals surface area contributed by atoms with E-state index in [0.29, 0.717) is 11.4 Å². The molecule has 0 fully saturated rings. The highest BCUT2D eigenvalue weighted by Gasteiger charge is 2.35. The topological polar surface area (TPSA) is 59.6 Å². The van der Waals surface area contributed by atoms with Crippen LogP contribution in [0.25, 0.3) is 0 Å². The van der Waals surface area contributed by atoms with Gasteiger partial charge in [0.1, 0.15) is 12.4 Å². The van der Waals surface area contributed by atoms with E-state index in [9.17, 15) is 4.79 Å². The first-order chi connectivity index (χ1) is 11.9. The minimum absolute atomic E-state index is 0.105. The molecule has 2 aromatic carbocycles. The van der Waals surface area contributed by atoms with E-state index in [4.69, 9.17) is 44.3 Å². The Bertz CT molecular complexity index is 693. The van der Waals surface area contributed by atoms with Crippen molar-refractivity contribution in [2.45, 2.75) is 16.6 Å². The van der Waals surface area contributed by atoms with Gasteiger partial charge >= 0.3 is 6.09 Å². The zero-order chi connectivity index (χ0) is 18.3. The van der Waals surface area contributed by atoms with Gasteiger partial charge < -0.3 is 14.8 Å². The van der Waals surface area contributed by atoms with Crippen molar-refractivity contribution in [3.05, 3.63) is 60.2 Å². The molecule has 1 unspecified atom stereocenters. The molecule has 0 aliphatic rings. The van der Waals surface area contributed by atoms with Crippen LogP contribution >= 0.6 is 34.8 Å². The Morgan fingerprint density at radius 2 is 1.72 bits per heavy atom. The number of carbonyl (C=O) groups excluding carboxylic acids is 1. The molecular formula is C17H17Cl3N2O3. The number of alkyl carbamates (subject to hydrolysis) is 1. The number of methoxy groups -OCH3 is 1. The lowest BCUT2D eigenvalue weighted by molar-refractivity contribution is 0.137. The summed E-state index contributed by atoms with van der Waals surface area (Å²) in [5.74, 6) is 0.543. The summed E-state index contributed by atoms with van der Waals surface area (Å²) in [4.78, 5) is 12.0. The molecule has 0 spiro atoms. The molecule has 5 nitrogen and oxygen atoms in total. The molecule has 0 saturated heterocycles. The molecule has 0 radical (unpaired) electrons. The molecule has 25 heavy (non-hydrogen) atoms. The van der Waals surface area contributed by atoms with Crippen LogP contribution < -0.4 is 15.4 Å². The highest BCUT2D eigenvalue weighted by Crippen LogP contribution is 2.33. The number of ether oxygens (including phenoxy) is 2. The van der Waals surface area contributed by atoms with Gasteiger partial charge in [-0.05, 0) is 17.7 Å². The van der Waals surface area contributed by atoms with Crippen LogP contribution in [0.4, 0.5) is 10.5 Å². The van der Waals surface area contributed by atoms with Gasteiger partial charge in [0.05, 0.1) is 12.8 Å². The second-order valence-electron chi connectivity index (χ2n) is 5.03. The number of carbonyl (C=O) groups is 1. The fraction of sp³-hybridized carbons (Fsp3) is 0.235. The molecule has 8 heteroatoms. The van der Waals surface area contributed by atoms with Crippen molar-refractivity contribution in [1.82, 2.24) is 5.32 Å². The lowest BCUT2D eigenvalue weighted by Crippen LogP contribution is -2.49. The summed E-state index contributed by atoms with van der Waals surface area (Å²) < 4.78 is 8.57. The molecule has 134 valence electrons. The second-order valence-corrected chi connectivity index (χ2v) is 7.39. The number of benzene rings is 2. The van der Waals surface area contributed by atoms with Crippen molar-refractivity contribution >= 4 is 46.6 Å². The maximum Gasteiger partial charge on any atom is 0.409 e. The minimum atomic E-state index is -1.81. The molecule has 0 aromatic heterocycles. The quantitative estimate of drug-likeness (QED) is 0.541. The summed E-state index contributed by atoms with van der Waals surface area (Å²) in [5, 5.41) is 5.44. The maximum atomic E-state index is 12.0. The van der Waals surface area contributed by atoms with Gasteiger partial charge in [-0.15, -0.1) is 0 Å². The van der Waals surface area contributed by atoms with Crippen molar-refractivity contribution in [3.63, 3.8) is 0 Å². The number of halogens is 3. The van der Waals surface area contributed by atoms with E-state index in [1.807, 2.05) is 30.3 Å². The van der Waals surface area contributed by atoms with E-state index in [2.05, 4.69) is 10.6 Å². The first kappa shape index (κ1) is 19.5. The molecule has 0 bridgehead atoms. The second kappa shape index (κ2) is 9.04. The maximum absolute atomic E-state index is 12.0. The van der Waals surface area contributed by atoms with Crippen molar-refractivity contribution in [2.24, 2.45) is 0 Å². The summed E-state index contributed by atoms with van der Waals surface area (Å²) in [7, 11) is 1.52. The smallest absolute Gasteiger partial charge is 0.409 e. The number of rotatable bonds is 6. The zero-order valence-corrected chi connectivity index (χ0v) is 15.6. The van der Waals surface area contributed by atoms with Crippen LogP contribution in [0.3, 0.4) is 0 Å². The molecule has 0 aliphatic carbocycles. The third-order valence-electron chi connectivity index (χ3n) is 3.21. The third-order valence-corrected chi connectivity index (χ3v) is 3.86. The van der Waals surface area contributed by atoms with Crippen molar-refractivity contribution in [2.75, 3.05) is 12.4 Å². The van der Waals surface area contributed by atoms with Gasteiger partial charge in [0, 0.05) is 0 Å². The van der Waals surface area contributed by atoms with E-state index >= 15 is 0 Å². The van der Waals surface area contributed by atoms with Gasteiger partial charge in [-0.1, -0.05) is 77.3 Å². The number of hydrogen-bond donors (Lipinski definition) is 2. The van der Waals surface area contributed by atoms with Gasteiger partial charge in [-0.25, -0.2) is 4.79 Å². The standard InChI is InChI=1S/C17H17Cl3N2O3/c1-24-14-10-6-5-9-13(14)21-15(17(18,19)20)22-16(23)25-11-12-7-3-2-4-8-12/h2-10,15,21H,11H2,1H3,(H,22,23). The van der Waals surface area contributed by atoms with Gasteiger partial charge in [-0.3, -0.25) is 5.32 Å². The lowest BCUT2D eigenvalue weighted by Gasteiger charge is -2.27. The number of alkyl halides is 3. The predicted octanol–water partition coefficient (Wildman–Crippen LogP) is 4.73. The van der Waals surface area contributed by atoms with Gasteiger partial charge in [0.25, 0.3) is 0 Å². The Kier molecular flexibility index (Phi) is 7.05. The highest BCUT2D eigenvalue weighted by atomic mass is 35.6. The average molecular weight is 404 g/mol. The van der Waals surface area contributed by atoms with Crippen LogP contribution in [0.5, 0.6) is 5.75 Å². The predicted molar refractivity (Wildman–Crippen MR) is 100 cm³/mol. The Labute approximate surface area is 161 Å². The zero-order valence-electron chi connectivity index (χ0n) is 13.3. The molecule has 2 rings (SSSR count). The molecule has 0 saturated carbocycles. The van der Waals surface area contributed by atoms with Gasteiger partial charge in [0.2, 0.25) is 3.79 Å². The summed E-state index contributed by atoms with van der Waals surface area (Å²) >= 11 is 17.9. The summed E-state index contributed by atoms with van der Waals surface area (Å²) in [6, 6.07) is 16.3. The Hall–Kier alpha value is -1.82. The van der Waals surface area contributed by atoms with Crippen LogP contribution in [0.2, 0.25) is 0 Å². The van der Waals surface area contributed by atoms with Crippen LogP contribution in [0.15, 0.2) is 54.6 Å². The molecule has 1 atom stereocenters. The average Bonchev–Trinajstić information content (AvgIpc) is 2.60. The van der Waals surface area contributed by atoms with E-state index in [1.165, 1.54) is 7.11 Å². The van der Waals surface area contributed by atoms with E-state index < -0.39 is 16.1 Å². The summed E-state index contributed by atoms with van der Waals surface area (Å²) in [5.41, 5.74) is 1.41. The molecule has 1 amide bonds. The Balaban J connectivity index is 2.01. The Morgan fingerprint density at radius 1 is 1.08 bits per heavy atom. The van der Waals surface area contributed by atoms with Crippen LogP contribution in [0, 0.1) is 0 Å². The van der Waals surface area contributed by atoms with Crippen molar-refractivity contribution < 1.29 is 14.3 Å². The SMILES string of the molecule is COc1ccccc1NC(NC(=O)OCc1ccccc1)C(Cl)(Cl)Cl. The number of amides is 1. The molecule has 0 aliphatic heterocycles. The molecule has 0 heterocycles. The largest absolute Gasteiger partial charge is 0.495 e. The summed E-state index contributed by atoms with van der Waals surface area (Å²) in [6.07, 6.45) is -1.75. The molecule has 2 aromatic rings. The van der Waals surface area contributed by atoms with Crippen molar-refractivity contribution in [1.29, 1.82) is 0 Å². The fourth-order valence-corrected chi connectivity index (χ4v) is 2.33. The number of nitrogens with one attached hydrogen (secondary N) is 2. The minimum Gasteiger partial charge on any atom is -0.495 e. The number of anilines is 1. The van der Waals surface area contributed by atoms with Crippen LogP contribution in [-0.2, 0) is 11.3 Å². The van der Waals surface area contributed by atoms with E-state index in [-0.39, 0.29) is 6.61 Å².